The van der Waals surface area contributed by atoms with Crippen molar-refractivity contribution in [1.82, 2.24) is 4.98 Å². The summed E-state index contributed by atoms with van der Waals surface area (Å²) < 4.78 is 0. The summed E-state index contributed by atoms with van der Waals surface area (Å²) in [5.41, 5.74) is 1.39. The Kier molecular flexibility index (Phi) is 2.94. The summed E-state index contributed by atoms with van der Waals surface area (Å²) in [6.45, 7) is 2.10. The van der Waals surface area contributed by atoms with E-state index in [1.807, 2.05) is 6.20 Å². The van der Waals surface area contributed by atoms with Crippen LogP contribution in [0.15, 0.2) is 36.5 Å². The first-order valence-electron chi connectivity index (χ1n) is 4.80. The van der Waals surface area contributed by atoms with Crippen LogP contribution in [0.2, 0.25) is 0 Å². The Labute approximate surface area is 88.4 Å². The maximum Gasteiger partial charge on any atom is 0.0930 e. The van der Waals surface area contributed by atoms with Gasteiger partial charge >= 0.3 is 0 Å². The minimum absolute atomic E-state index is 1.06. The van der Waals surface area contributed by atoms with E-state index in [2.05, 4.69) is 42.2 Å². The predicted octanol–water partition coefficient (Wildman–Crippen LogP) is 3.24. The fraction of sp³-hybridized carbons (Fsp3) is 0.250. The topological polar surface area (TPSA) is 12.9 Å². The molecule has 0 radical (unpaired) electrons. The van der Waals surface area contributed by atoms with Crippen LogP contribution in [0, 0.1) is 6.92 Å². The first-order valence-corrected chi connectivity index (χ1v) is 5.61. The molecule has 0 saturated heterocycles. The molecule has 14 heavy (non-hydrogen) atoms. The highest BCUT2D eigenvalue weighted by atomic mass is 32.1. The van der Waals surface area contributed by atoms with Crippen molar-refractivity contribution in [3.63, 3.8) is 0 Å². The van der Waals surface area contributed by atoms with E-state index in [-0.39, 0.29) is 0 Å². The van der Waals surface area contributed by atoms with Gasteiger partial charge in [-0.1, -0.05) is 30.3 Å². The average molecular weight is 203 g/mol. The normalized spacial score (nSPS) is 10.4. The number of nitrogens with zero attached hydrogens (tertiary/aromatic N) is 1. The molecule has 2 heteroatoms. The standard InChI is InChI=1S/C12H13NS/c1-10-9-13-12(14-10)8-7-11-5-3-2-4-6-11/h2-6,9H,7-8H2,1H3. The molecule has 0 fully saturated rings. The maximum absolute atomic E-state index is 4.35. The molecule has 0 amide bonds. The van der Waals surface area contributed by atoms with E-state index in [0.717, 1.165) is 12.8 Å². The van der Waals surface area contributed by atoms with Crippen molar-refractivity contribution in [2.24, 2.45) is 0 Å². The van der Waals surface area contributed by atoms with E-state index >= 15 is 0 Å². The lowest BCUT2D eigenvalue weighted by molar-refractivity contribution is 0.944. The highest BCUT2D eigenvalue weighted by Crippen LogP contribution is 2.13. The minimum atomic E-state index is 1.06. The van der Waals surface area contributed by atoms with Gasteiger partial charge in [0.25, 0.3) is 0 Å². The lowest BCUT2D eigenvalue weighted by atomic mass is 10.1. The van der Waals surface area contributed by atoms with Crippen molar-refractivity contribution >= 4 is 11.3 Å². The largest absolute Gasteiger partial charge is 0.249 e. The van der Waals surface area contributed by atoms with E-state index in [0.29, 0.717) is 0 Å². The molecule has 0 N–H and O–H groups in total. The van der Waals surface area contributed by atoms with Crippen molar-refractivity contribution in [2.45, 2.75) is 19.8 Å². The van der Waals surface area contributed by atoms with Crippen LogP contribution in [0.25, 0.3) is 0 Å². The van der Waals surface area contributed by atoms with Gasteiger partial charge in [-0.3, -0.25) is 0 Å². The van der Waals surface area contributed by atoms with Crippen LogP contribution in [0.5, 0.6) is 0 Å². The van der Waals surface area contributed by atoms with Crippen molar-refractivity contribution in [3.8, 4) is 0 Å². The number of aryl methyl sites for hydroxylation is 3. The van der Waals surface area contributed by atoms with Gasteiger partial charge in [0, 0.05) is 17.5 Å². The summed E-state index contributed by atoms with van der Waals surface area (Å²) >= 11 is 1.80. The summed E-state index contributed by atoms with van der Waals surface area (Å²) in [5.74, 6) is 0. The fourth-order valence-electron chi connectivity index (χ4n) is 1.41. The molecular formula is C12H13NS. The zero-order valence-corrected chi connectivity index (χ0v) is 9.05. The molecule has 0 aliphatic carbocycles. The van der Waals surface area contributed by atoms with Crippen LogP contribution in [-0.2, 0) is 12.8 Å². The first kappa shape index (κ1) is 9.41. The van der Waals surface area contributed by atoms with Gasteiger partial charge in [0.1, 0.15) is 0 Å². The summed E-state index contributed by atoms with van der Waals surface area (Å²) in [5, 5.41) is 1.24. The second kappa shape index (κ2) is 4.38. The Morgan fingerprint density at radius 2 is 1.93 bits per heavy atom. The molecule has 1 aromatic carbocycles. The van der Waals surface area contributed by atoms with Gasteiger partial charge in [-0.05, 0) is 18.9 Å². The van der Waals surface area contributed by atoms with Gasteiger partial charge in [-0.15, -0.1) is 11.3 Å². The summed E-state index contributed by atoms with van der Waals surface area (Å²) in [7, 11) is 0. The third kappa shape index (κ3) is 2.42. The molecule has 1 aromatic heterocycles. The second-order valence-corrected chi connectivity index (χ2v) is 4.67. The Balaban J connectivity index is 1.95. The maximum atomic E-state index is 4.35. The Bertz CT molecular complexity index is 392. The number of benzene rings is 1. The minimum Gasteiger partial charge on any atom is -0.249 e. The van der Waals surface area contributed by atoms with Crippen LogP contribution < -0.4 is 0 Å². The molecular weight excluding hydrogens is 190 g/mol. The highest BCUT2D eigenvalue weighted by molar-refractivity contribution is 7.11. The molecule has 72 valence electrons. The molecule has 2 rings (SSSR count). The van der Waals surface area contributed by atoms with Crippen LogP contribution in [0.3, 0.4) is 0 Å². The third-order valence-corrected chi connectivity index (χ3v) is 3.11. The fourth-order valence-corrected chi connectivity index (χ4v) is 2.20. The Morgan fingerprint density at radius 3 is 2.57 bits per heavy atom. The van der Waals surface area contributed by atoms with E-state index in [1.54, 1.807) is 11.3 Å². The van der Waals surface area contributed by atoms with Gasteiger partial charge in [0.15, 0.2) is 0 Å². The van der Waals surface area contributed by atoms with Gasteiger partial charge in [-0.2, -0.15) is 0 Å². The van der Waals surface area contributed by atoms with Gasteiger partial charge in [0.2, 0.25) is 0 Å². The zero-order chi connectivity index (χ0) is 9.80. The van der Waals surface area contributed by atoms with E-state index in [9.17, 15) is 0 Å². The van der Waals surface area contributed by atoms with Crippen molar-refractivity contribution in [2.75, 3.05) is 0 Å². The monoisotopic (exact) mass is 203 g/mol. The zero-order valence-electron chi connectivity index (χ0n) is 8.23. The van der Waals surface area contributed by atoms with Gasteiger partial charge in [0.05, 0.1) is 5.01 Å². The third-order valence-electron chi connectivity index (χ3n) is 2.14. The predicted molar refractivity (Wildman–Crippen MR) is 60.7 cm³/mol. The Hall–Kier alpha value is -1.15. The van der Waals surface area contributed by atoms with Crippen molar-refractivity contribution < 1.29 is 0 Å². The quantitative estimate of drug-likeness (QED) is 0.746. The Morgan fingerprint density at radius 1 is 1.14 bits per heavy atom. The first-order chi connectivity index (χ1) is 6.84. The summed E-state index contributed by atoms with van der Waals surface area (Å²) in [4.78, 5) is 5.65. The molecule has 0 atom stereocenters. The molecule has 2 aromatic rings. The van der Waals surface area contributed by atoms with E-state index < -0.39 is 0 Å². The van der Waals surface area contributed by atoms with Crippen molar-refractivity contribution in [1.29, 1.82) is 0 Å². The van der Waals surface area contributed by atoms with Gasteiger partial charge < -0.3 is 0 Å². The number of hydrogen-bond donors (Lipinski definition) is 0. The van der Waals surface area contributed by atoms with Crippen LogP contribution >= 0.6 is 11.3 Å². The smallest absolute Gasteiger partial charge is 0.0930 e. The number of rotatable bonds is 3. The van der Waals surface area contributed by atoms with E-state index in [1.165, 1.54) is 15.4 Å². The van der Waals surface area contributed by atoms with Crippen LogP contribution in [0.4, 0.5) is 0 Å². The molecule has 0 unspecified atom stereocenters. The van der Waals surface area contributed by atoms with Crippen LogP contribution in [0.1, 0.15) is 15.4 Å². The van der Waals surface area contributed by atoms with Gasteiger partial charge in [-0.25, -0.2) is 4.98 Å². The number of hydrogen-bond acceptors (Lipinski definition) is 2. The number of aromatic nitrogens is 1. The molecule has 0 bridgehead atoms. The average Bonchev–Trinajstić information content (AvgIpc) is 2.63. The number of thiazole rings is 1. The van der Waals surface area contributed by atoms with Crippen molar-refractivity contribution in [3.05, 3.63) is 52.0 Å². The summed E-state index contributed by atoms with van der Waals surface area (Å²) in [6.07, 6.45) is 4.10. The molecule has 0 aliphatic heterocycles. The highest BCUT2D eigenvalue weighted by Gasteiger charge is 1.98. The SMILES string of the molecule is Cc1cnc(CCc2ccccc2)s1. The molecule has 1 nitrogen and oxygen atoms in total. The van der Waals surface area contributed by atoms with Crippen LogP contribution in [-0.4, -0.2) is 4.98 Å². The molecule has 0 aliphatic rings. The molecule has 0 spiro atoms. The van der Waals surface area contributed by atoms with E-state index in [4.69, 9.17) is 0 Å². The lowest BCUT2D eigenvalue weighted by Gasteiger charge is -1.97. The second-order valence-electron chi connectivity index (χ2n) is 3.35. The lowest BCUT2D eigenvalue weighted by Crippen LogP contribution is -1.89. The molecule has 1 heterocycles. The molecule has 0 saturated carbocycles. The summed E-state index contributed by atoms with van der Waals surface area (Å²) in [6, 6.07) is 10.6.